The number of rotatable bonds is 2. The largest absolute Gasteiger partial charge is 0.423 e. The zero-order valence-corrected chi connectivity index (χ0v) is 15.4. The Kier molecular flexibility index (Phi) is 3.79. The lowest BCUT2D eigenvalue weighted by Crippen LogP contribution is -2.46. The summed E-state index contributed by atoms with van der Waals surface area (Å²) < 4.78 is 7.34. The summed E-state index contributed by atoms with van der Waals surface area (Å²) >= 11 is 0. The number of hydrogen-bond acceptors (Lipinski definition) is 4. The van der Waals surface area contributed by atoms with E-state index in [0.29, 0.717) is 17.4 Å². The van der Waals surface area contributed by atoms with E-state index in [0.717, 1.165) is 54.8 Å². The molecule has 3 aromatic rings. The molecule has 2 bridgehead atoms. The fourth-order valence-electron chi connectivity index (χ4n) is 4.83. The van der Waals surface area contributed by atoms with Gasteiger partial charge in [0.05, 0.1) is 0 Å². The first-order chi connectivity index (χ1) is 13.1. The van der Waals surface area contributed by atoms with Crippen molar-refractivity contribution < 1.29 is 4.42 Å². The SMILES string of the molecule is Cc1ccc2c(CN3CC4CC(C3)c3cccc(=O)n3C4)cc(=O)oc2c1. The molecule has 1 saturated heterocycles. The quantitative estimate of drug-likeness (QED) is 0.658. The maximum atomic E-state index is 12.2. The summed E-state index contributed by atoms with van der Waals surface area (Å²) in [6.45, 7) is 5.38. The smallest absolute Gasteiger partial charge is 0.336 e. The number of aromatic nitrogens is 1. The molecule has 0 spiro atoms. The van der Waals surface area contributed by atoms with Crippen molar-refractivity contribution in [3.8, 4) is 0 Å². The van der Waals surface area contributed by atoms with Gasteiger partial charge in [-0.15, -0.1) is 0 Å². The zero-order chi connectivity index (χ0) is 18.5. The number of nitrogens with zero attached hydrogens (tertiary/aromatic N) is 2. The highest BCUT2D eigenvalue weighted by atomic mass is 16.4. The van der Waals surface area contributed by atoms with E-state index in [1.54, 1.807) is 12.1 Å². The normalized spacial score (nSPS) is 22.0. The van der Waals surface area contributed by atoms with Gasteiger partial charge >= 0.3 is 5.63 Å². The van der Waals surface area contributed by atoms with E-state index < -0.39 is 0 Å². The fraction of sp³-hybridized carbons (Fsp3) is 0.364. The molecule has 0 aliphatic carbocycles. The van der Waals surface area contributed by atoms with Crippen molar-refractivity contribution in [1.82, 2.24) is 9.47 Å². The second kappa shape index (κ2) is 6.20. The molecular formula is C22H22N2O3. The Labute approximate surface area is 156 Å². The maximum Gasteiger partial charge on any atom is 0.336 e. The first-order valence-corrected chi connectivity index (χ1v) is 9.52. The van der Waals surface area contributed by atoms with Gasteiger partial charge in [-0.25, -0.2) is 4.79 Å². The van der Waals surface area contributed by atoms with Crippen molar-refractivity contribution in [2.45, 2.75) is 32.4 Å². The van der Waals surface area contributed by atoms with Gasteiger partial charge in [0.2, 0.25) is 0 Å². The molecular weight excluding hydrogens is 340 g/mol. The third kappa shape index (κ3) is 2.92. The number of piperidine rings is 1. The van der Waals surface area contributed by atoms with Crippen LogP contribution < -0.4 is 11.2 Å². The summed E-state index contributed by atoms with van der Waals surface area (Å²) in [7, 11) is 0. The van der Waals surface area contributed by atoms with Gasteiger partial charge in [-0.05, 0) is 42.5 Å². The minimum atomic E-state index is -0.294. The van der Waals surface area contributed by atoms with E-state index in [-0.39, 0.29) is 11.2 Å². The summed E-state index contributed by atoms with van der Waals surface area (Å²) in [4.78, 5) is 26.6. The molecule has 1 fully saturated rings. The van der Waals surface area contributed by atoms with Crippen molar-refractivity contribution in [3.63, 3.8) is 0 Å². The molecule has 5 rings (SSSR count). The number of hydrogen-bond donors (Lipinski definition) is 0. The van der Waals surface area contributed by atoms with Crippen LogP contribution in [0.4, 0.5) is 0 Å². The molecule has 2 aliphatic rings. The van der Waals surface area contributed by atoms with Crippen LogP contribution >= 0.6 is 0 Å². The van der Waals surface area contributed by atoms with Crippen LogP contribution in [0.1, 0.15) is 29.2 Å². The molecule has 4 heterocycles. The van der Waals surface area contributed by atoms with E-state index in [1.165, 1.54) is 0 Å². The molecule has 2 aromatic heterocycles. The van der Waals surface area contributed by atoms with E-state index >= 15 is 0 Å². The van der Waals surface area contributed by atoms with Crippen LogP contribution in [0.2, 0.25) is 0 Å². The van der Waals surface area contributed by atoms with Crippen molar-refractivity contribution in [2.24, 2.45) is 5.92 Å². The molecule has 0 saturated carbocycles. The Morgan fingerprint density at radius 2 is 1.96 bits per heavy atom. The van der Waals surface area contributed by atoms with Crippen LogP contribution in [0.5, 0.6) is 0 Å². The summed E-state index contributed by atoms with van der Waals surface area (Å²) in [5.41, 5.74) is 3.72. The van der Waals surface area contributed by atoms with Crippen molar-refractivity contribution >= 4 is 11.0 Å². The van der Waals surface area contributed by atoms with Crippen LogP contribution in [-0.2, 0) is 13.1 Å². The summed E-state index contributed by atoms with van der Waals surface area (Å²) in [5, 5.41) is 1.01. The molecule has 138 valence electrons. The highest BCUT2D eigenvalue weighted by Gasteiger charge is 2.34. The van der Waals surface area contributed by atoms with Crippen LogP contribution in [0, 0.1) is 12.8 Å². The molecule has 2 aliphatic heterocycles. The van der Waals surface area contributed by atoms with Gasteiger partial charge in [0.15, 0.2) is 0 Å². The molecule has 2 unspecified atom stereocenters. The second-order valence-corrected chi connectivity index (χ2v) is 7.98. The molecule has 0 radical (unpaired) electrons. The van der Waals surface area contributed by atoms with Crippen molar-refractivity contribution in [1.29, 1.82) is 0 Å². The standard InChI is InChI=1S/C22H22N2O3/c1-14-5-6-18-16(9-22(26)27-20(18)7-14)12-23-10-15-8-17(13-23)19-3-2-4-21(25)24(19)11-15/h2-7,9,15,17H,8,10-13H2,1H3. The third-order valence-corrected chi connectivity index (χ3v) is 5.94. The highest BCUT2D eigenvalue weighted by molar-refractivity contribution is 5.80. The van der Waals surface area contributed by atoms with Crippen molar-refractivity contribution in [2.75, 3.05) is 13.1 Å². The predicted octanol–water partition coefficient (Wildman–Crippen LogP) is 2.88. The Balaban J connectivity index is 1.48. The molecule has 5 heteroatoms. The minimum Gasteiger partial charge on any atom is -0.423 e. The molecule has 27 heavy (non-hydrogen) atoms. The fourth-order valence-corrected chi connectivity index (χ4v) is 4.83. The van der Waals surface area contributed by atoms with Gasteiger partial charge in [-0.3, -0.25) is 9.69 Å². The van der Waals surface area contributed by atoms with E-state index in [2.05, 4.69) is 17.0 Å². The van der Waals surface area contributed by atoms with Crippen LogP contribution in [0.3, 0.4) is 0 Å². The lowest BCUT2D eigenvalue weighted by atomic mass is 9.83. The summed E-state index contributed by atoms with van der Waals surface area (Å²) in [6, 6.07) is 13.3. The Morgan fingerprint density at radius 1 is 1.07 bits per heavy atom. The van der Waals surface area contributed by atoms with E-state index in [1.807, 2.05) is 29.7 Å². The highest BCUT2D eigenvalue weighted by Crippen LogP contribution is 2.35. The lowest BCUT2D eigenvalue weighted by Gasteiger charge is -2.42. The molecule has 0 amide bonds. The number of aryl methyl sites for hydroxylation is 1. The minimum absolute atomic E-state index is 0.109. The summed E-state index contributed by atoms with van der Waals surface area (Å²) in [6.07, 6.45) is 1.14. The van der Waals surface area contributed by atoms with E-state index in [4.69, 9.17) is 4.42 Å². The monoisotopic (exact) mass is 362 g/mol. The van der Waals surface area contributed by atoms with Gasteiger partial charge in [-0.1, -0.05) is 18.2 Å². The first kappa shape index (κ1) is 16.5. The van der Waals surface area contributed by atoms with Crippen molar-refractivity contribution in [3.05, 3.63) is 80.1 Å². The topological polar surface area (TPSA) is 55.5 Å². The second-order valence-electron chi connectivity index (χ2n) is 7.98. The van der Waals surface area contributed by atoms with Crippen LogP contribution in [0.25, 0.3) is 11.0 Å². The Bertz CT molecular complexity index is 1140. The maximum absolute atomic E-state index is 12.2. The van der Waals surface area contributed by atoms with Gasteiger partial charge in [0.1, 0.15) is 5.58 Å². The van der Waals surface area contributed by atoms with Gasteiger partial charge in [0, 0.05) is 55.3 Å². The van der Waals surface area contributed by atoms with Crippen LogP contribution in [0.15, 0.2) is 56.5 Å². The van der Waals surface area contributed by atoms with Gasteiger partial charge < -0.3 is 8.98 Å². The molecule has 0 N–H and O–H groups in total. The number of likely N-dealkylation sites (tertiary alicyclic amines) is 1. The van der Waals surface area contributed by atoms with E-state index in [9.17, 15) is 9.59 Å². The average molecular weight is 362 g/mol. The number of benzene rings is 1. The summed E-state index contributed by atoms with van der Waals surface area (Å²) in [5.74, 6) is 0.852. The van der Waals surface area contributed by atoms with Crippen LogP contribution in [-0.4, -0.2) is 22.6 Å². The average Bonchev–Trinajstić information content (AvgIpc) is 2.62. The Hall–Kier alpha value is -2.66. The first-order valence-electron chi connectivity index (χ1n) is 9.52. The number of fused-ring (bicyclic) bond motifs is 5. The predicted molar refractivity (Wildman–Crippen MR) is 104 cm³/mol. The lowest BCUT2D eigenvalue weighted by molar-refractivity contribution is 0.114. The third-order valence-electron chi connectivity index (χ3n) is 5.94. The van der Waals surface area contributed by atoms with Gasteiger partial charge in [0.25, 0.3) is 5.56 Å². The zero-order valence-electron chi connectivity index (χ0n) is 15.4. The molecule has 1 aromatic carbocycles. The number of pyridine rings is 1. The molecule has 2 atom stereocenters. The Morgan fingerprint density at radius 3 is 2.85 bits per heavy atom. The van der Waals surface area contributed by atoms with Gasteiger partial charge in [-0.2, -0.15) is 0 Å². The molecule has 5 nitrogen and oxygen atoms in total.